The van der Waals surface area contributed by atoms with E-state index in [2.05, 4.69) is 51.5 Å². The van der Waals surface area contributed by atoms with Crippen molar-refractivity contribution < 1.29 is 8.82 Å². The van der Waals surface area contributed by atoms with Crippen LogP contribution in [0.4, 0.5) is 4.39 Å². The van der Waals surface area contributed by atoms with Crippen molar-refractivity contribution in [2.24, 2.45) is 4.99 Å². The normalized spacial score (nSPS) is 18.8. The third kappa shape index (κ3) is 3.73. The fourth-order valence-corrected chi connectivity index (χ4v) is 9.92. The number of hydrogen-bond acceptors (Lipinski definition) is 3. The van der Waals surface area contributed by atoms with E-state index in [9.17, 15) is 4.39 Å². The van der Waals surface area contributed by atoms with Gasteiger partial charge in [0.15, 0.2) is 0 Å². The Balaban J connectivity index is 2.18. The highest BCUT2D eigenvalue weighted by Gasteiger charge is 2.47. The summed E-state index contributed by atoms with van der Waals surface area (Å²) >= 11 is 6.12. The van der Waals surface area contributed by atoms with E-state index in [1.54, 1.807) is 0 Å². The molecule has 6 heteroatoms. The maximum Gasteiger partial charge on any atom is 0.200 e. The van der Waals surface area contributed by atoms with Gasteiger partial charge < -0.3 is 4.43 Å². The van der Waals surface area contributed by atoms with Gasteiger partial charge >= 0.3 is 0 Å². The Morgan fingerprint density at radius 1 is 1.17 bits per heavy atom. The Labute approximate surface area is 150 Å². The monoisotopic (exact) mass is 370 g/mol. The molecule has 0 N–H and O–H groups in total. The van der Waals surface area contributed by atoms with Crippen LogP contribution in [0, 0.1) is 5.82 Å². The average molecular weight is 371 g/mol. The lowest BCUT2D eigenvalue weighted by atomic mass is 10.1. The van der Waals surface area contributed by atoms with Gasteiger partial charge in [-0.1, -0.05) is 53.1 Å². The van der Waals surface area contributed by atoms with E-state index < -0.39 is 14.1 Å². The van der Waals surface area contributed by atoms with E-state index in [0.29, 0.717) is 40.3 Å². The van der Waals surface area contributed by atoms with Crippen LogP contribution in [0.25, 0.3) is 0 Å². The molecule has 0 bridgehead atoms. The lowest BCUT2D eigenvalue weighted by molar-refractivity contribution is 0.195. The average Bonchev–Trinajstić information content (AvgIpc) is 2.94. The summed E-state index contributed by atoms with van der Waals surface area (Å²) in [5, 5.41) is 0.302. The Bertz CT molecular complexity index is 597. The van der Waals surface area contributed by atoms with Gasteiger partial charge in [0.05, 0.1) is 18.8 Å². The van der Waals surface area contributed by atoms with Gasteiger partial charge in [-0.25, -0.2) is 9.37 Å². The van der Waals surface area contributed by atoms with Gasteiger partial charge in [0.1, 0.15) is 11.0 Å². The number of pyridine rings is 1. The zero-order chi connectivity index (χ0) is 18.1. The van der Waals surface area contributed by atoms with Crippen molar-refractivity contribution in [2.75, 3.05) is 6.54 Å². The molecule has 3 nitrogen and oxygen atoms in total. The molecule has 0 saturated carbocycles. The van der Waals surface area contributed by atoms with Crippen molar-refractivity contribution in [2.45, 2.75) is 70.7 Å². The number of aliphatic imine (C=N–C) groups is 1. The number of rotatable bonds is 6. The third-order valence-electron chi connectivity index (χ3n) is 5.10. The molecule has 1 aromatic rings. The zero-order valence-electron chi connectivity index (χ0n) is 15.4. The van der Waals surface area contributed by atoms with Crippen molar-refractivity contribution in [3.63, 3.8) is 0 Å². The number of halogens is 2. The molecule has 0 radical (unpaired) electrons. The first-order valence-electron chi connectivity index (χ1n) is 8.71. The molecule has 2 rings (SSSR count). The second-order valence-electron chi connectivity index (χ2n) is 7.54. The summed E-state index contributed by atoms with van der Waals surface area (Å²) in [5.41, 5.74) is 2.98. The van der Waals surface area contributed by atoms with Crippen LogP contribution in [0.5, 0.6) is 0 Å². The van der Waals surface area contributed by atoms with Crippen molar-refractivity contribution in [1.29, 1.82) is 0 Å². The maximum absolute atomic E-state index is 13.5. The summed E-state index contributed by atoms with van der Waals surface area (Å²) < 4.78 is 20.3. The van der Waals surface area contributed by atoms with Crippen LogP contribution in [0.2, 0.25) is 21.8 Å². The lowest BCUT2D eigenvalue weighted by Crippen LogP contribution is -2.50. The highest BCUT2D eigenvalue weighted by atomic mass is 35.5. The molecule has 1 aliphatic heterocycles. The quantitative estimate of drug-likeness (QED) is 0.480. The number of hydrogen-bond donors (Lipinski definition) is 0. The molecule has 1 aromatic heterocycles. The first-order valence-corrected chi connectivity index (χ1v) is 11.2. The van der Waals surface area contributed by atoms with Crippen LogP contribution in [-0.2, 0) is 4.43 Å². The first kappa shape index (κ1) is 19.5. The van der Waals surface area contributed by atoms with Crippen molar-refractivity contribution >= 4 is 25.6 Å². The highest BCUT2D eigenvalue weighted by Crippen LogP contribution is 2.43. The number of nitrogens with zero attached hydrogens (tertiary/aromatic N) is 2. The van der Waals surface area contributed by atoms with E-state index in [-0.39, 0.29) is 6.10 Å². The standard InChI is InChI=1S/C18H28ClFN2OSi/c1-11(2)24(12(3)4,13(5)6)23-15-8-17(21-10-15)16-7-14(20)9-22-18(16)19/h7,9,11-13,15H,8,10H2,1-6H3/t15-/m1/s1. The van der Waals surface area contributed by atoms with Crippen LogP contribution in [0.1, 0.15) is 53.5 Å². The Morgan fingerprint density at radius 3 is 2.29 bits per heavy atom. The fourth-order valence-electron chi connectivity index (χ4n) is 4.15. The van der Waals surface area contributed by atoms with Gasteiger partial charge in [0.25, 0.3) is 0 Å². The molecule has 0 spiro atoms. The Morgan fingerprint density at radius 2 is 1.75 bits per heavy atom. The molecule has 0 amide bonds. The summed E-state index contributed by atoms with van der Waals surface area (Å²) in [5.74, 6) is -0.392. The van der Waals surface area contributed by atoms with Gasteiger partial charge in [-0.3, -0.25) is 4.99 Å². The summed E-state index contributed by atoms with van der Waals surface area (Å²) in [6, 6.07) is 1.41. The Hall–Kier alpha value is -0.783. The molecule has 0 unspecified atom stereocenters. The summed E-state index contributed by atoms with van der Waals surface area (Å²) in [6.45, 7) is 14.3. The molecular formula is C18H28ClFN2OSi. The summed E-state index contributed by atoms with van der Waals surface area (Å²) in [6.07, 6.45) is 1.85. The molecule has 134 valence electrons. The minimum Gasteiger partial charge on any atom is -0.411 e. The minimum absolute atomic E-state index is 0.0539. The SMILES string of the molecule is CC(C)[Si](O[C@H]1CN=C(c2cc(F)cnc2Cl)C1)(C(C)C)C(C)C. The van der Waals surface area contributed by atoms with Crippen LogP contribution in [0.3, 0.4) is 0 Å². The fraction of sp³-hybridized carbons (Fsp3) is 0.667. The van der Waals surface area contributed by atoms with E-state index in [0.717, 1.165) is 11.9 Å². The number of aromatic nitrogens is 1. The highest BCUT2D eigenvalue weighted by molar-refractivity contribution is 6.77. The predicted octanol–water partition coefficient (Wildman–Crippen LogP) is 5.63. The molecule has 0 fully saturated rings. The second kappa shape index (κ2) is 7.62. The van der Waals surface area contributed by atoms with E-state index in [1.165, 1.54) is 6.07 Å². The smallest absolute Gasteiger partial charge is 0.200 e. The zero-order valence-corrected chi connectivity index (χ0v) is 17.2. The summed E-state index contributed by atoms with van der Waals surface area (Å²) in [7, 11) is -1.94. The minimum atomic E-state index is -1.94. The van der Waals surface area contributed by atoms with Crippen LogP contribution < -0.4 is 0 Å². The molecular weight excluding hydrogens is 343 g/mol. The molecule has 0 saturated heterocycles. The topological polar surface area (TPSA) is 34.5 Å². The van der Waals surface area contributed by atoms with Gasteiger partial charge in [-0.15, -0.1) is 0 Å². The summed E-state index contributed by atoms with van der Waals surface area (Å²) in [4.78, 5) is 8.46. The van der Waals surface area contributed by atoms with Crippen LogP contribution >= 0.6 is 11.6 Å². The van der Waals surface area contributed by atoms with E-state index in [4.69, 9.17) is 16.0 Å². The third-order valence-corrected chi connectivity index (χ3v) is 11.6. The van der Waals surface area contributed by atoms with Crippen LogP contribution in [0.15, 0.2) is 17.3 Å². The first-order chi connectivity index (χ1) is 11.2. The molecule has 0 aliphatic carbocycles. The second-order valence-corrected chi connectivity index (χ2v) is 13.3. The predicted molar refractivity (Wildman–Crippen MR) is 101 cm³/mol. The van der Waals surface area contributed by atoms with Crippen molar-refractivity contribution in [3.8, 4) is 0 Å². The molecule has 24 heavy (non-hydrogen) atoms. The van der Waals surface area contributed by atoms with Gasteiger partial charge in [0, 0.05) is 17.7 Å². The molecule has 0 aromatic carbocycles. The maximum atomic E-state index is 13.5. The van der Waals surface area contributed by atoms with E-state index in [1.807, 2.05) is 0 Å². The van der Waals surface area contributed by atoms with Gasteiger partial charge in [-0.2, -0.15) is 0 Å². The lowest BCUT2D eigenvalue weighted by Gasteiger charge is -2.44. The van der Waals surface area contributed by atoms with Gasteiger partial charge in [0.2, 0.25) is 8.32 Å². The largest absolute Gasteiger partial charge is 0.411 e. The Kier molecular flexibility index (Phi) is 6.21. The molecule has 2 heterocycles. The molecule has 1 atom stereocenters. The van der Waals surface area contributed by atoms with E-state index >= 15 is 0 Å². The van der Waals surface area contributed by atoms with Crippen LogP contribution in [-0.4, -0.2) is 31.7 Å². The van der Waals surface area contributed by atoms with Crippen molar-refractivity contribution in [3.05, 3.63) is 28.8 Å². The van der Waals surface area contributed by atoms with Crippen molar-refractivity contribution in [1.82, 2.24) is 4.98 Å². The van der Waals surface area contributed by atoms with Gasteiger partial charge in [-0.05, 0) is 22.7 Å². The molecule has 1 aliphatic rings.